The van der Waals surface area contributed by atoms with Crippen molar-refractivity contribution in [2.45, 2.75) is 25.4 Å². The summed E-state index contributed by atoms with van der Waals surface area (Å²) in [5.41, 5.74) is 11.9. The molecule has 0 aliphatic rings. The third kappa shape index (κ3) is 4.20. The van der Waals surface area contributed by atoms with E-state index in [1.165, 1.54) is 18.2 Å². The average Bonchev–Trinajstić information content (AvgIpc) is 2.30. The lowest BCUT2D eigenvalue weighted by Crippen LogP contribution is -2.40. The van der Waals surface area contributed by atoms with E-state index < -0.39 is 0 Å². The van der Waals surface area contributed by atoms with Crippen molar-refractivity contribution in [3.63, 3.8) is 0 Å². The first-order valence-electron chi connectivity index (χ1n) is 5.64. The van der Waals surface area contributed by atoms with Gasteiger partial charge in [0.1, 0.15) is 0 Å². The molecule has 0 aliphatic heterocycles. The van der Waals surface area contributed by atoms with Crippen molar-refractivity contribution in [1.29, 1.82) is 0 Å². The quantitative estimate of drug-likeness (QED) is 0.455. The Hall–Kier alpha value is -1.85. The molecule has 1 aromatic carbocycles. The molecule has 5 nitrogen and oxygen atoms in total. The van der Waals surface area contributed by atoms with E-state index in [4.69, 9.17) is 16.6 Å². The maximum absolute atomic E-state index is 11.5. The monoisotopic (exact) mass is 250 g/mol. The summed E-state index contributed by atoms with van der Waals surface area (Å²) in [6.45, 7) is 1.75. The Bertz CT molecular complexity index is 456. The largest absolute Gasteiger partial charge is 0.504 e. The number of phenolic OH excluding ortho intramolecular Hbond substituents is 2. The van der Waals surface area contributed by atoms with Gasteiger partial charge in [-0.05, 0) is 30.7 Å². The lowest BCUT2D eigenvalue weighted by molar-refractivity contribution is -0.114. The van der Waals surface area contributed by atoms with Gasteiger partial charge in [-0.3, -0.25) is 4.79 Å². The number of hydrogen-bond donors (Lipinski definition) is 4. The minimum Gasteiger partial charge on any atom is -0.504 e. The molecule has 0 saturated heterocycles. The smallest absolute Gasteiger partial charge is 0.157 e. The van der Waals surface area contributed by atoms with Crippen LogP contribution in [0.1, 0.15) is 18.9 Å². The van der Waals surface area contributed by atoms with Crippen LogP contribution in [0.2, 0.25) is 0 Å². The van der Waals surface area contributed by atoms with Crippen LogP contribution in [-0.2, 0) is 4.79 Å². The topological polar surface area (TPSA) is 110 Å². The molecule has 2 unspecified atom stereocenters. The van der Waals surface area contributed by atoms with Crippen LogP contribution < -0.4 is 11.5 Å². The molecule has 0 saturated carbocycles. The minimum atomic E-state index is -0.365. The summed E-state index contributed by atoms with van der Waals surface area (Å²) in [7, 11) is 0. The zero-order valence-corrected chi connectivity index (χ0v) is 10.2. The number of benzene rings is 1. The highest BCUT2D eigenvalue weighted by molar-refractivity contribution is 5.94. The highest BCUT2D eigenvalue weighted by Gasteiger charge is 2.11. The van der Waals surface area contributed by atoms with Gasteiger partial charge < -0.3 is 21.7 Å². The van der Waals surface area contributed by atoms with E-state index in [9.17, 15) is 9.90 Å². The van der Waals surface area contributed by atoms with Gasteiger partial charge in [0.25, 0.3) is 0 Å². The molecular weight excluding hydrogens is 232 g/mol. The van der Waals surface area contributed by atoms with Crippen molar-refractivity contribution in [1.82, 2.24) is 0 Å². The van der Waals surface area contributed by atoms with Gasteiger partial charge >= 0.3 is 0 Å². The summed E-state index contributed by atoms with van der Waals surface area (Å²) in [5.74, 6) is -0.554. The summed E-state index contributed by atoms with van der Waals surface area (Å²) in [6.07, 6.45) is 3.11. The van der Waals surface area contributed by atoms with Crippen LogP contribution in [0.25, 0.3) is 6.08 Å². The molecule has 0 fully saturated rings. The molecule has 5 heteroatoms. The van der Waals surface area contributed by atoms with Gasteiger partial charge in [0, 0.05) is 18.5 Å². The molecule has 0 amide bonds. The molecule has 0 spiro atoms. The van der Waals surface area contributed by atoms with E-state index in [0.717, 1.165) is 0 Å². The fourth-order valence-electron chi connectivity index (χ4n) is 1.32. The van der Waals surface area contributed by atoms with E-state index in [1.54, 1.807) is 19.1 Å². The van der Waals surface area contributed by atoms with Crippen molar-refractivity contribution in [3.05, 3.63) is 29.8 Å². The second kappa shape index (κ2) is 6.18. The van der Waals surface area contributed by atoms with E-state index in [0.29, 0.717) is 5.56 Å². The summed E-state index contributed by atoms with van der Waals surface area (Å²) >= 11 is 0. The Balaban J connectivity index is 2.63. The molecular formula is C13H18N2O3. The van der Waals surface area contributed by atoms with Gasteiger partial charge in [-0.15, -0.1) is 0 Å². The zero-order chi connectivity index (χ0) is 13.7. The lowest BCUT2D eigenvalue weighted by Gasteiger charge is -2.12. The Morgan fingerprint density at radius 2 is 2.00 bits per heavy atom. The lowest BCUT2D eigenvalue weighted by atomic mass is 10.0. The van der Waals surface area contributed by atoms with Gasteiger partial charge in [0.05, 0.1) is 0 Å². The summed E-state index contributed by atoms with van der Waals surface area (Å²) in [4.78, 5) is 11.5. The third-order valence-corrected chi connectivity index (χ3v) is 2.57. The van der Waals surface area contributed by atoms with Gasteiger partial charge in [-0.25, -0.2) is 0 Å². The normalized spacial score (nSPS) is 14.6. The van der Waals surface area contributed by atoms with Gasteiger partial charge in [0.2, 0.25) is 0 Å². The van der Waals surface area contributed by atoms with Crippen molar-refractivity contribution in [2.24, 2.45) is 11.5 Å². The summed E-state index contributed by atoms with van der Waals surface area (Å²) in [6, 6.07) is 3.71. The van der Waals surface area contributed by atoms with E-state index in [2.05, 4.69) is 0 Å². The van der Waals surface area contributed by atoms with Crippen LogP contribution >= 0.6 is 0 Å². The number of nitrogens with two attached hydrogens (primary N) is 2. The van der Waals surface area contributed by atoms with E-state index in [-0.39, 0.29) is 35.8 Å². The third-order valence-electron chi connectivity index (χ3n) is 2.57. The highest BCUT2D eigenvalue weighted by Crippen LogP contribution is 2.25. The Kier molecular flexibility index (Phi) is 4.88. The molecule has 1 aromatic rings. The van der Waals surface area contributed by atoms with Crippen molar-refractivity contribution in [2.75, 3.05) is 0 Å². The van der Waals surface area contributed by atoms with Crippen molar-refractivity contribution < 1.29 is 15.0 Å². The predicted molar refractivity (Wildman–Crippen MR) is 70.1 cm³/mol. The number of hydrogen-bond acceptors (Lipinski definition) is 5. The van der Waals surface area contributed by atoms with Crippen molar-refractivity contribution in [3.8, 4) is 11.5 Å². The average molecular weight is 250 g/mol. The second-order valence-electron chi connectivity index (χ2n) is 4.27. The standard InChI is InChI=1S/C13H18N2O3/c1-8(14)11(15)7-10(16)4-2-9-3-5-12(17)13(18)6-9/h2-6,8,11,17-18H,7,14-15H2,1H3/b4-2+. The molecule has 0 heterocycles. The van der Waals surface area contributed by atoms with Crippen LogP contribution in [0.4, 0.5) is 0 Å². The maximum Gasteiger partial charge on any atom is 0.157 e. The fourth-order valence-corrected chi connectivity index (χ4v) is 1.32. The number of allylic oxidation sites excluding steroid dienone is 1. The number of ketones is 1. The first-order valence-corrected chi connectivity index (χ1v) is 5.64. The number of aromatic hydroxyl groups is 2. The number of carbonyl (C=O) groups excluding carboxylic acids is 1. The molecule has 0 aromatic heterocycles. The van der Waals surface area contributed by atoms with Crippen LogP contribution in [0.5, 0.6) is 11.5 Å². The molecule has 98 valence electrons. The first-order chi connectivity index (χ1) is 8.40. The Morgan fingerprint density at radius 1 is 1.33 bits per heavy atom. The molecule has 1 rings (SSSR count). The Labute approximate surface area is 106 Å². The molecule has 0 aliphatic carbocycles. The van der Waals surface area contributed by atoms with Gasteiger partial charge in [0.15, 0.2) is 17.3 Å². The van der Waals surface area contributed by atoms with Crippen LogP contribution in [0.3, 0.4) is 0 Å². The van der Waals surface area contributed by atoms with Crippen LogP contribution in [0.15, 0.2) is 24.3 Å². The van der Waals surface area contributed by atoms with Gasteiger partial charge in [-0.2, -0.15) is 0 Å². The highest BCUT2D eigenvalue weighted by atomic mass is 16.3. The zero-order valence-electron chi connectivity index (χ0n) is 10.2. The molecule has 18 heavy (non-hydrogen) atoms. The van der Waals surface area contributed by atoms with E-state index >= 15 is 0 Å². The molecule has 0 radical (unpaired) electrons. The number of rotatable bonds is 5. The summed E-state index contributed by atoms with van der Waals surface area (Å²) in [5, 5.41) is 18.4. The SMILES string of the molecule is CC(N)C(N)CC(=O)/C=C/c1ccc(O)c(O)c1. The fraction of sp³-hybridized carbons (Fsp3) is 0.308. The predicted octanol–water partition coefficient (Wildman–Crippen LogP) is 0.745. The molecule has 2 atom stereocenters. The number of carbonyl (C=O) groups is 1. The van der Waals surface area contributed by atoms with E-state index in [1.807, 2.05) is 0 Å². The molecule has 0 bridgehead atoms. The van der Waals surface area contributed by atoms with Gasteiger partial charge in [-0.1, -0.05) is 12.1 Å². The van der Waals surface area contributed by atoms with Crippen molar-refractivity contribution >= 4 is 11.9 Å². The summed E-state index contributed by atoms with van der Waals surface area (Å²) < 4.78 is 0. The minimum absolute atomic E-state index is 0.132. The first kappa shape index (κ1) is 14.2. The molecule has 6 N–H and O–H groups in total. The maximum atomic E-state index is 11.5. The number of phenols is 2. The van der Waals surface area contributed by atoms with Crippen LogP contribution in [-0.4, -0.2) is 28.1 Å². The Morgan fingerprint density at radius 3 is 2.56 bits per heavy atom. The second-order valence-corrected chi connectivity index (χ2v) is 4.27. The van der Waals surface area contributed by atoms with Crippen LogP contribution in [0, 0.1) is 0 Å².